The molecule has 0 aliphatic heterocycles. The lowest BCUT2D eigenvalue weighted by atomic mass is 9.87. The SMILES string of the molecule is CC1c2cccc(c2O)Cc2cccc(c2O)Cc2cccc(c2O)Cc2cccc1c2O. The quantitative estimate of drug-likeness (QED) is 0.282. The average Bonchev–Trinajstić information content (AvgIpc) is 2.80. The van der Waals surface area contributed by atoms with Gasteiger partial charge in [-0.1, -0.05) is 79.7 Å². The Labute approximate surface area is 193 Å². The largest absolute Gasteiger partial charge is 0.507 e. The van der Waals surface area contributed by atoms with Gasteiger partial charge in [-0.15, -0.1) is 0 Å². The van der Waals surface area contributed by atoms with E-state index in [0.717, 1.165) is 0 Å². The molecule has 166 valence electrons. The highest BCUT2D eigenvalue weighted by Gasteiger charge is 2.22. The standard InChI is InChI=1S/C29H26O4/c1-17-24-12-4-10-22(28(24)32)15-20-8-2-6-18(26(20)30)14-19-7-3-9-21(27(19)31)16-23-11-5-13-25(17)29(23)33/h2-13,17,30-33H,14-16H2,1H3. The van der Waals surface area contributed by atoms with E-state index in [4.69, 9.17) is 0 Å². The summed E-state index contributed by atoms with van der Waals surface area (Å²) in [5.74, 6) is 0.451. The number of aromatic hydroxyl groups is 4. The zero-order valence-corrected chi connectivity index (χ0v) is 18.4. The molecule has 1 aliphatic rings. The van der Waals surface area contributed by atoms with Crippen LogP contribution in [0.4, 0.5) is 0 Å². The molecular weight excluding hydrogens is 412 g/mol. The lowest BCUT2D eigenvalue weighted by Crippen LogP contribution is -2.03. The minimum absolute atomic E-state index is 0.176. The fourth-order valence-electron chi connectivity index (χ4n) is 4.85. The summed E-state index contributed by atoms with van der Waals surface area (Å²) in [6.07, 6.45) is 1.10. The Morgan fingerprint density at radius 1 is 0.455 bits per heavy atom. The first-order chi connectivity index (χ1) is 15.9. The fourth-order valence-corrected chi connectivity index (χ4v) is 4.85. The Morgan fingerprint density at radius 3 is 1.06 bits per heavy atom. The van der Waals surface area contributed by atoms with Crippen molar-refractivity contribution in [3.8, 4) is 23.0 Å². The van der Waals surface area contributed by atoms with E-state index in [9.17, 15) is 20.4 Å². The van der Waals surface area contributed by atoms with Crippen LogP contribution in [-0.4, -0.2) is 20.4 Å². The van der Waals surface area contributed by atoms with Gasteiger partial charge in [-0.3, -0.25) is 0 Å². The maximum Gasteiger partial charge on any atom is 0.122 e. The lowest BCUT2D eigenvalue weighted by Gasteiger charge is -2.20. The van der Waals surface area contributed by atoms with Gasteiger partial charge in [0.1, 0.15) is 23.0 Å². The molecule has 4 aromatic rings. The molecule has 0 fully saturated rings. The van der Waals surface area contributed by atoms with Crippen LogP contribution in [0.2, 0.25) is 0 Å². The second-order valence-corrected chi connectivity index (χ2v) is 8.81. The molecular formula is C29H26O4. The van der Waals surface area contributed by atoms with Gasteiger partial charge in [0.25, 0.3) is 0 Å². The van der Waals surface area contributed by atoms with Gasteiger partial charge in [-0.05, 0) is 33.4 Å². The van der Waals surface area contributed by atoms with Gasteiger partial charge in [0.05, 0.1) is 0 Å². The number of phenolic OH excluding ortho intramolecular Hbond substituents is 4. The van der Waals surface area contributed by atoms with Gasteiger partial charge in [-0.2, -0.15) is 0 Å². The van der Waals surface area contributed by atoms with Crippen molar-refractivity contribution in [3.63, 3.8) is 0 Å². The van der Waals surface area contributed by atoms with Crippen molar-refractivity contribution >= 4 is 0 Å². The third-order valence-electron chi connectivity index (χ3n) is 6.78. The molecule has 0 atom stereocenters. The van der Waals surface area contributed by atoms with Crippen molar-refractivity contribution in [2.24, 2.45) is 0 Å². The van der Waals surface area contributed by atoms with E-state index in [0.29, 0.717) is 63.8 Å². The molecule has 4 nitrogen and oxygen atoms in total. The Balaban J connectivity index is 1.74. The van der Waals surface area contributed by atoms with E-state index in [-0.39, 0.29) is 28.9 Å². The van der Waals surface area contributed by atoms with E-state index in [2.05, 4.69) is 0 Å². The molecule has 4 aromatic carbocycles. The van der Waals surface area contributed by atoms with Crippen molar-refractivity contribution in [1.29, 1.82) is 0 Å². The summed E-state index contributed by atoms with van der Waals surface area (Å²) in [5.41, 5.74) is 5.68. The predicted molar refractivity (Wildman–Crippen MR) is 128 cm³/mol. The van der Waals surface area contributed by atoms with Crippen LogP contribution in [0.25, 0.3) is 0 Å². The Morgan fingerprint density at radius 2 is 0.727 bits per heavy atom. The van der Waals surface area contributed by atoms with Crippen LogP contribution >= 0.6 is 0 Å². The normalized spacial score (nSPS) is 13.6. The minimum Gasteiger partial charge on any atom is -0.507 e. The zero-order chi connectivity index (χ0) is 23.1. The number of benzene rings is 4. The molecule has 0 radical (unpaired) electrons. The molecule has 5 rings (SSSR count). The first kappa shape index (κ1) is 21.0. The minimum atomic E-state index is -0.252. The van der Waals surface area contributed by atoms with Gasteiger partial charge < -0.3 is 20.4 Å². The van der Waals surface area contributed by atoms with Crippen LogP contribution in [0.1, 0.15) is 57.3 Å². The van der Waals surface area contributed by atoms with Crippen molar-refractivity contribution in [3.05, 3.63) is 117 Å². The molecule has 0 saturated carbocycles. The molecule has 0 amide bonds. The number of hydrogen-bond donors (Lipinski definition) is 4. The van der Waals surface area contributed by atoms with Crippen LogP contribution in [0, 0.1) is 0 Å². The summed E-state index contributed by atoms with van der Waals surface area (Å²) in [6, 6.07) is 22.4. The van der Waals surface area contributed by atoms with Gasteiger partial charge in [0.15, 0.2) is 0 Å². The third kappa shape index (κ3) is 3.68. The Hall–Kier alpha value is -3.92. The van der Waals surface area contributed by atoms with E-state index < -0.39 is 0 Å². The number of hydrogen-bond acceptors (Lipinski definition) is 4. The van der Waals surface area contributed by atoms with E-state index in [1.54, 1.807) is 0 Å². The molecule has 33 heavy (non-hydrogen) atoms. The first-order valence-electron chi connectivity index (χ1n) is 11.1. The zero-order valence-electron chi connectivity index (χ0n) is 18.4. The number of para-hydroxylation sites is 4. The summed E-state index contributed by atoms with van der Waals surface area (Å²) in [4.78, 5) is 0. The summed E-state index contributed by atoms with van der Waals surface area (Å²) < 4.78 is 0. The molecule has 1 aliphatic carbocycles. The molecule has 4 N–H and O–H groups in total. The van der Waals surface area contributed by atoms with E-state index in [1.807, 2.05) is 79.7 Å². The summed E-state index contributed by atoms with van der Waals surface area (Å²) in [6.45, 7) is 1.96. The van der Waals surface area contributed by atoms with Gasteiger partial charge in [0.2, 0.25) is 0 Å². The van der Waals surface area contributed by atoms with Gasteiger partial charge in [-0.25, -0.2) is 0 Å². The van der Waals surface area contributed by atoms with Crippen molar-refractivity contribution in [2.45, 2.75) is 32.1 Å². The number of phenols is 4. The second-order valence-electron chi connectivity index (χ2n) is 8.81. The summed E-state index contributed by atoms with van der Waals surface area (Å²) >= 11 is 0. The lowest BCUT2D eigenvalue weighted by molar-refractivity contribution is 0.447. The van der Waals surface area contributed by atoms with Gasteiger partial charge >= 0.3 is 0 Å². The molecule has 4 heteroatoms. The van der Waals surface area contributed by atoms with Crippen molar-refractivity contribution in [1.82, 2.24) is 0 Å². The number of rotatable bonds is 0. The van der Waals surface area contributed by atoms with Crippen molar-refractivity contribution < 1.29 is 20.4 Å². The van der Waals surface area contributed by atoms with Crippen LogP contribution < -0.4 is 0 Å². The van der Waals surface area contributed by atoms with Crippen LogP contribution in [0.3, 0.4) is 0 Å². The maximum atomic E-state index is 11.1. The highest BCUT2D eigenvalue weighted by atomic mass is 16.3. The molecule has 0 aromatic heterocycles. The topological polar surface area (TPSA) is 80.9 Å². The summed E-state index contributed by atoms with van der Waals surface area (Å²) in [7, 11) is 0. The molecule has 0 unspecified atom stereocenters. The molecule has 0 heterocycles. The Kier molecular flexibility index (Phi) is 5.21. The van der Waals surface area contributed by atoms with Crippen molar-refractivity contribution in [2.75, 3.05) is 0 Å². The second kappa shape index (κ2) is 8.21. The van der Waals surface area contributed by atoms with Gasteiger partial charge in [0, 0.05) is 36.3 Å². The molecule has 0 saturated heterocycles. The Bertz CT molecular complexity index is 1250. The third-order valence-corrected chi connectivity index (χ3v) is 6.78. The molecule has 8 bridgehead atoms. The monoisotopic (exact) mass is 438 g/mol. The van der Waals surface area contributed by atoms with Crippen LogP contribution in [0.15, 0.2) is 72.8 Å². The first-order valence-corrected chi connectivity index (χ1v) is 11.1. The highest BCUT2D eigenvalue weighted by molar-refractivity contribution is 5.56. The van der Waals surface area contributed by atoms with Crippen LogP contribution in [-0.2, 0) is 19.3 Å². The average molecular weight is 439 g/mol. The smallest absolute Gasteiger partial charge is 0.122 e. The summed E-state index contributed by atoms with van der Waals surface area (Å²) in [5, 5.41) is 44.2. The molecule has 0 spiro atoms. The number of fused-ring (bicyclic) bond motifs is 8. The highest BCUT2D eigenvalue weighted by Crippen LogP contribution is 2.41. The fraction of sp³-hybridized carbons (Fsp3) is 0.172. The predicted octanol–water partition coefficient (Wildman–Crippen LogP) is 5.75. The van der Waals surface area contributed by atoms with E-state index in [1.165, 1.54) is 0 Å². The van der Waals surface area contributed by atoms with Crippen LogP contribution in [0.5, 0.6) is 23.0 Å². The van der Waals surface area contributed by atoms with E-state index >= 15 is 0 Å². The maximum absolute atomic E-state index is 11.1.